The number of halogens is 1. The number of nitrogen functional groups attached to an aromatic ring is 1. The third-order valence-electron chi connectivity index (χ3n) is 3.71. The maximum Gasteiger partial charge on any atom is 0.167 e. The third kappa shape index (κ3) is 3.54. The summed E-state index contributed by atoms with van der Waals surface area (Å²) < 4.78 is 19.0. The van der Waals surface area contributed by atoms with Crippen molar-refractivity contribution in [2.24, 2.45) is 0 Å². The van der Waals surface area contributed by atoms with Crippen LogP contribution in [0, 0.1) is 5.82 Å². The van der Waals surface area contributed by atoms with E-state index in [-0.39, 0.29) is 5.75 Å². The van der Waals surface area contributed by atoms with Gasteiger partial charge in [-0.3, -0.25) is 0 Å². The summed E-state index contributed by atoms with van der Waals surface area (Å²) in [5.41, 5.74) is 6.07. The molecule has 0 heterocycles. The molecule has 0 radical (unpaired) electrons. The van der Waals surface area contributed by atoms with Crippen LogP contribution in [0.1, 0.15) is 39.0 Å². The van der Waals surface area contributed by atoms with Gasteiger partial charge < -0.3 is 20.9 Å². The van der Waals surface area contributed by atoms with Gasteiger partial charge in [-0.2, -0.15) is 0 Å². The van der Waals surface area contributed by atoms with Gasteiger partial charge in [0.25, 0.3) is 0 Å². The van der Waals surface area contributed by atoms with Gasteiger partial charge >= 0.3 is 0 Å². The van der Waals surface area contributed by atoms with Crippen molar-refractivity contribution in [3.63, 3.8) is 0 Å². The number of nitrogens with one attached hydrogen (secondary N) is 1. The second-order valence-corrected chi connectivity index (χ2v) is 5.50. The summed E-state index contributed by atoms with van der Waals surface area (Å²) in [6.07, 6.45) is 4.48. The predicted molar refractivity (Wildman–Crippen MR) is 78.5 cm³/mol. The Hall–Kier alpha value is -1.49. The van der Waals surface area contributed by atoms with E-state index in [0.717, 1.165) is 32.1 Å². The number of anilines is 2. The lowest BCUT2D eigenvalue weighted by Gasteiger charge is -2.24. The summed E-state index contributed by atoms with van der Waals surface area (Å²) in [6, 6.07) is 2.82. The van der Waals surface area contributed by atoms with Crippen molar-refractivity contribution >= 4 is 11.4 Å². The maximum absolute atomic E-state index is 13.7. The first-order valence-corrected chi connectivity index (χ1v) is 7.22. The molecule has 20 heavy (non-hydrogen) atoms. The van der Waals surface area contributed by atoms with Gasteiger partial charge in [-0.15, -0.1) is 0 Å². The maximum atomic E-state index is 13.7. The van der Waals surface area contributed by atoms with Crippen LogP contribution in [-0.4, -0.2) is 23.9 Å². The van der Waals surface area contributed by atoms with E-state index in [9.17, 15) is 9.50 Å². The molecule has 2 rings (SSSR count). The first-order chi connectivity index (χ1) is 9.54. The Balaban J connectivity index is 2.06. The molecule has 0 atom stereocenters. The topological polar surface area (TPSA) is 67.5 Å². The summed E-state index contributed by atoms with van der Waals surface area (Å²) in [6.45, 7) is 2.85. The highest BCUT2D eigenvalue weighted by molar-refractivity contribution is 5.68. The van der Waals surface area contributed by atoms with E-state index in [4.69, 9.17) is 10.5 Å². The molecule has 4 N–H and O–H groups in total. The number of ether oxygens (including phenoxy) is 1. The minimum absolute atomic E-state index is 0.196. The molecule has 1 aliphatic rings. The number of hydrogen-bond donors (Lipinski definition) is 3. The molecular formula is C15H23FN2O2. The van der Waals surface area contributed by atoms with Crippen LogP contribution in [0.5, 0.6) is 5.75 Å². The molecule has 0 saturated heterocycles. The number of nitrogens with two attached hydrogens (primary N) is 1. The zero-order chi connectivity index (χ0) is 14.6. The molecule has 0 aliphatic heterocycles. The van der Waals surface area contributed by atoms with Crippen molar-refractivity contribution < 1.29 is 14.2 Å². The minimum Gasteiger partial charge on any atom is -0.490 e. The second kappa shape index (κ2) is 6.31. The van der Waals surface area contributed by atoms with Crippen LogP contribution in [0.4, 0.5) is 15.8 Å². The van der Waals surface area contributed by atoms with Gasteiger partial charge in [0.2, 0.25) is 0 Å². The molecule has 1 fully saturated rings. The summed E-state index contributed by atoms with van der Waals surface area (Å²) in [5.74, 6) is -0.261. The molecule has 0 amide bonds. The van der Waals surface area contributed by atoms with Gasteiger partial charge in [0, 0.05) is 18.7 Å². The Bertz CT molecular complexity index is 459. The monoisotopic (exact) mass is 282 g/mol. The van der Waals surface area contributed by atoms with Crippen LogP contribution in [0.3, 0.4) is 0 Å². The molecule has 0 unspecified atom stereocenters. The molecule has 0 aromatic heterocycles. The Labute approximate surface area is 119 Å². The van der Waals surface area contributed by atoms with E-state index in [1.54, 1.807) is 6.07 Å². The molecule has 112 valence electrons. The number of aliphatic hydroxyl groups is 1. The zero-order valence-corrected chi connectivity index (χ0v) is 11.9. The second-order valence-electron chi connectivity index (χ2n) is 5.50. The van der Waals surface area contributed by atoms with Gasteiger partial charge in [0.1, 0.15) is 0 Å². The molecule has 1 aromatic carbocycles. The molecule has 1 saturated carbocycles. The van der Waals surface area contributed by atoms with E-state index in [2.05, 4.69) is 5.32 Å². The zero-order valence-electron chi connectivity index (χ0n) is 11.9. The largest absolute Gasteiger partial charge is 0.490 e. The highest BCUT2D eigenvalue weighted by Gasteiger charge is 2.30. The van der Waals surface area contributed by atoms with E-state index >= 15 is 0 Å². The SMILES string of the molecule is CCCOc1cc(NCC2(O)CCCC2)c(N)cc1F. The lowest BCUT2D eigenvalue weighted by Crippen LogP contribution is -2.33. The number of rotatable bonds is 6. The first kappa shape index (κ1) is 14.9. The van der Waals surface area contributed by atoms with Gasteiger partial charge in [-0.25, -0.2) is 4.39 Å². The fraction of sp³-hybridized carbons (Fsp3) is 0.600. The van der Waals surface area contributed by atoms with Gasteiger partial charge in [-0.1, -0.05) is 19.8 Å². The van der Waals surface area contributed by atoms with Crippen LogP contribution >= 0.6 is 0 Å². The third-order valence-corrected chi connectivity index (χ3v) is 3.71. The van der Waals surface area contributed by atoms with Crippen LogP contribution < -0.4 is 15.8 Å². The molecule has 4 nitrogen and oxygen atoms in total. The van der Waals surface area contributed by atoms with E-state index in [0.29, 0.717) is 24.5 Å². The Morgan fingerprint density at radius 3 is 2.75 bits per heavy atom. The fourth-order valence-corrected chi connectivity index (χ4v) is 2.51. The van der Waals surface area contributed by atoms with E-state index in [1.165, 1.54) is 6.07 Å². The highest BCUT2D eigenvalue weighted by Crippen LogP contribution is 2.32. The average molecular weight is 282 g/mol. The van der Waals surface area contributed by atoms with Crippen LogP contribution in [0.2, 0.25) is 0 Å². The van der Waals surface area contributed by atoms with E-state index < -0.39 is 11.4 Å². The lowest BCUT2D eigenvalue weighted by molar-refractivity contribution is 0.0615. The molecule has 1 aliphatic carbocycles. The van der Waals surface area contributed by atoms with Crippen molar-refractivity contribution in [2.75, 3.05) is 24.2 Å². The van der Waals surface area contributed by atoms with Crippen molar-refractivity contribution in [3.05, 3.63) is 17.9 Å². The van der Waals surface area contributed by atoms with Gasteiger partial charge in [0.05, 0.1) is 23.6 Å². The predicted octanol–water partition coefficient (Wildman–Crippen LogP) is 2.91. The molecule has 5 heteroatoms. The standard InChI is InChI=1S/C15H23FN2O2/c1-2-7-20-14-9-13(12(17)8-11(14)16)18-10-15(19)5-3-4-6-15/h8-9,18-19H,2-7,10,17H2,1H3. The fourth-order valence-electron chi connectivity index (χ4n) is 2.51. The normalized spacial score (nSPS) is 17.1. The van der Waals surface area contributed by atoms with Crippen LogP contribution in [-0.2, 0) is 0 Å². The van der Waals surface area contributed by atoms with Crippen molar-refractivity contribution in [2.45, 2.75) is 44.6 Å². The smallest absolute Gasteiger partial charge is 0.167 e. The van der Waals surface area contributed by atoms with Gasteiger partial charge in [0.15, 0.2) is 11.6 Å². The van der Waals surface area contributed by atoms with E-state index in [1.807, 2.05) is 6.92 Å². The average Bonchev–Trinajstić information content (AvgIpc) is 2.84. The van der Waals surface area contributed by atoms with Crippen molar-refractivity contribution in [1.29, 1.82) is 0 Å². The quantitative estimate of drug-likeness (QED) is 0.702. The van der Waals surface area contributed by atoms with Crippen LogP contribution in [0.25, 0.3) is 0 Å². The highest BCUT2D eigenvalue weighted by atomic mass is 19.1. The Morgan fingerprint density at radius 1 is 1.40 bits per heavy atom. The Morgan fingerprint density at radius 2 is 2.10 bits per heavy atom. The summed E-state index contributed by atoms with van der Waals surface area (Å²) in [7, 11) is 0. The molecular weight excluding hydrogens is 259 g/mol. The van der Waals surface area contributed by atoms with Gasteiger partial charge in [-0.05, 0) is 19.3 Å². The summed E-state index contributed by atoms with van der Waals surface area (Å²) in [4.78, 5) is 0. The lowest BCUT2D eigenvalue weighted by atomic mass is 10.0. The van der Waals surface area contributed by atoms with Crippen molar-refractivity contribution in [3.8, 4) is 5.75 Å². The summed E-state index contributed by atoms with van der Waals surface area (Å²) >= 11 is 0. The van der Waals surface area contributed by atoms with Crippen molar-refractivity contribution in [1.82, 2.24) is 0 Å². The number of hydrogen-bond acceptors (Lipinski definition) is 4. The molecule has 0 spiro atoms. The molecule has 0 bridgehead atoms. The Kier molecular flexibility index (Phi) is 4.70. The molecule has 1 aromatic rings. The first-order valence-electron chi connectivity index (χ1n) is 7.22. The minimum atomic E-state index is -0.675. The summed E-state index contributed by atoms with van der Waals surface area (Å²) in [5, 5.41) is 13.4. The number of benzene rings is 1. The van der Waals surface area contributed by atoms with Crippen LogP contribution in [0.15, 0.2) is 12.1 Å².